The summed E-state index contributed by atoms with van der Waals surface area (Å²) in [6.07, 6.45) is 1.30. The lowest BCUT2D eigenvalue weighted by Gasteiger charge is -2.36. The van der Waals surface area contributed by atoms with Crippen molar-refractivity contribution >= 4 is 23.2 Å². The molecule has 2 aliphatic heterocycles. The van der Waals surface area contributed by atoms with Crippen molar-refractivity contribution in [2.45, 2.75) is 58.4 Å². The molecular formula is C19H25N7O3. The molecular weight excluding hydrogens is 374 g/mol. The van der Waals surface area contributed by atoms with Gasteiger partial charge in [-0.1, -0.05) is 0 Å². The van der Waals surface area contributed by atoms with E-state index in [1.807, 2.05) is 20.8 Å². The molecule has 1 amide bonds. The fourth-order valence-electron chi connectivity index (χ4n) is 4.44. The number of hydroxylamine groups is 2. The van der Waals surface area contributed by atoms with Gasteiger partial charge in [0.25, 0.3) is 11.5 Å². The Kier molecular flexibility index (Phi) is 3.70. The first-order valence-corrected chi connectivity index (χ1v) is 9.30. The molecule has 1 fully saturated rings. The van der Waals surface area contributed by atoms with Gasteiger partial charge in [-0.25, -0.2) is 9.97 Å². The van der Waals surface area contributed by atoms with Crippen molar-refractivity contribution in [1.29, 1.82) is 0 Å². The number of nitrogen functional groups attached to an aromatic ring is 1. The summed E-state index contributed by atoms with van der Waals surface area (Å²) in [5, 5.41) is 15.0. The minimum Gasteiger partial charge on any atom is -0.384 e. The molecule has 0 spiro atoms. The van der Waals surface area contributed by atoms with Crippen LogP contribution in [0.5, 0.6) is 0 Å². The molecule has 29 heavy (non-hydrogen) atoms. The van der Waals surface area contributed by atoms with Crippen LogP contribution in [0.4, 0.5) is 17.3 Å². The van der Waals surface area contributed by atoms with Crippen molar-refractivity contribution < 1.29 is 10.0 Å². The van der Waals surface area contributed by atoms with Crippen LogP contribution in [-0.4, -0.2) is 46.8 Å². The molecule has 0 aliphatic carbocycles. The summed E-state index contributed by atoms with van der Waals surface area (Å²) >= 11 is 0. The van der Waals surface area contributed by atoms with E-state index in [4.69, 9.17) is 5.73 Å². The zero-order valence-corrected chi connectivity index (χ0v) is 17.3. The number of rotatable bonds is 3. The monoisotopic (exact) mass is 399 g/mol. The molecule has 2 aromatic rings. The van der Waals surface area contributed by atoms with Crippen molar-refractivity contribution in [2.75, 3.05) is 11.1 Å². The Hall–Kier alpha value is -2.98. The van der Waals surface area contributed by atoms with Gasteiger partial charge in [-0.05, 0) is 53.2 Å². The van der Waals surface area contributed by atoms with Crippen molar-refractivity contribution in [1.82, 2.24) is 24.5 Å². The topological polar surface area (TPSA) is 129 Å². The highest BCUT2D eigenvalue weighted by molar-refractivity contribution is 6.00. The summed E-state index contributed by atoms with van der Waals surface area (Å²) in [6, 6.07) is 3.14. The normalized spacial score (nSPS) is 25.2. The van der Waals surface area contributed by atoms with E-state index in [-0.39, 0.29) is 23.0 Å². The molecule has 154 valence electrons. The number of hydrogen-bond acceptors (Lipinski definition) is 8. The lowest BCUT2D eigenvalue weighted by molar-refractivity contribution is -0.209. The van der Waals surface area contributed by atoms with Gasteiger partial charge in [0.05, 0.1) is 0 Å². The van der Waals surface area contributed by atoms with Gasteiger partial charge in [0.1, 0.15) is 29.3 Å². The van der Waals surface area contributed by atoms with E-state index >= 15 is 0 Å². The SMILES string of the molecule is Cc1cc(Nc2cc(N)ncn2)c(=O)n2c1C(=O)N1C(C)(N(O)C(C)(C)C)C12C. The zero-order chi connectivity index (χ0) is 21.5. The van der Waals surface area contributed by atoms with Crippen molar-refractivity contribution in [3.63, 3.8) is 0 Å². The van der Waals surface area contributed by atoms with Crippen molar-refractivity contribution in [2.24, 2.45) is 0 Å². The third-order valence-corrected chi connectivity index (χ3v) is 5.95. The molecule has 4 rings (SSSR count). The molecule has 2 unspecified atom stereocenters. The first kappa shape index (κ1) is 19.3. The molecule has 4 heterocycles. The Morgan fingerprint density at radius 3 is 2.45 bits per heavy atom. The van der Waals surface area contributed by atoms with Crippen LogP contribution in [0.2, 0.25) is 0 Å². The third-order valence-electron chi connectivity index (χ3n) is 5.95. The van der Waals surface area contributed by atoms with E-state index in [1.54, 1.807) is 31.7 Å². The molecule has 4 N–H and O–H groups in total. The molecule has 2 aromatic heterocycles. The lowest BCUT2D eigenvalue weighted by Crippen LogP contribution is -2.53. The summed E-state index contributed by atoms with van der Waals surface area (Å²) in [5.74, 6) is 0.355. The maximum Gasteiger partial charge on any atom is 0.276 e. The maximum absolute atomic E-state index is 13.4. The Labute approximate surface area is 167 Å². The third kappa shape index (κ3) is 2.29. The van der Waals surface area contributed by atoms with Gasteiger partial charge >= 0.3 is 0 Å². The van der Waals surface area contributed by atoms with E-state index in [9.17, 15) is 14.8 Å². The van der Waals surface area contributed by atoms with Crippen LogP contribution in [-0.2, 0) is 5.66 Å². The molecule has 0 radical (unpaired) electrons. The predicted molar refractivity (Wildman–Crippen MR) is 107 cm³/mol. The summed E-state index contributed by atoms with van der Waals surface area (Å²) in [7, 11) is 0. The van der Waals surface area contributed by atoms with Gasteiger partial charge in [-0.2, -0.15) is 5.06 Å². The van der Waals surface area contributed by atoms with Crippen LogP contribution in [0.15, 0.2) is 23.3 Å². The van der Waals surface area contributed by atoms with Gasteiger partial charge in [0.15, 0.2) is 11.3 Å². The van der Waals surface area contributed by atoms with Crippen LogP contribution in [0.25, 0.3) is 0 Å². The van der Waals surface area contributed by atoms with Crippen molar-refractivity contribution in [3.8, 4) is 0 Å². The van der Waals surface area contributed by atoms with Gasteiger partial charge < -0.3 is 16.3 Å². The fraction of sp³-hybridized carbons (Fsp3) is 0.474. The molecule has 0 saturated carbocycles. The van der Waals surface area contributed by atoms with Crippen molar-refractivity contribution in [3.05, 3.63) is 40.1 Å². The average molecular weight is 399 g/mol. The number of hydrogen-bond donors (Lipinski definition) is 3. The molecule has 2 aliphatic rings. The quantitative estimate of drug-likeness (QED) is 0.524. The van der Waals surface area contributed by atoms with Gasteiger partial charge in [-0.3, -0.25) is 19.1 Å². The van der Waals surface area contributed by atoms with Crippen LogP contribution >= 0.6 is 0 Å². The van der Waals surface area contributed by atoms with Gasteiger partial charge in [0.2, 0.25) is 0 Å². The number of nitrogens with zero attached hydrogens (tertiary/aromatic N) is 5. The number of amides is 1. The Balaban J connectivity index is 1.86. The average Bonchev–Trinajstić information content (AvgIpc) is 2.99. The second-order valence-corrected chi connectivity index (χ2v) is 8.85. The Bertz CT molecular complexity index is 1110. The zero-order valence-electron chi connectivity index (χ0n) is 17.3. The number of aromatic nitrogens is 3. The second kappa shape index (κ2) is 5.55. The molecule has 1 saturated heterocycles. The van der Waals surface area contributed by atoms with Crippen LogP contribution in [0.1, 0.15) is 50.7 Å². The van der Waals surface area contributed by atoms with Gasteiger partial charge in [-0.15, -0.1) is 0 Å². The summed E-state index contributed by atoms with van der Waals surface area (Å²) in [5.41, 5.74) is 3.83. The number of carbonyl (C=O) groups excluding carboxylic acids is 1. The number of carbonyl (C=O) groups is 1. The standard InChI is InChI=1S/C19H25N7O3/c1-10-7-11(23-13-8-12(20)21-9-22-13)15(27)24-14(10)16(28)25-18(24,5)19(25,6)26(29)17(2,3)4/h7-9,29H,1-6H3,(H3,20,21,22,23). The maximum atomic E-state index is 13.4. The first-order valence-electron chi connectivity index (χ1n) is 9.30. The second-order valence-electron chi connectivity index (χ2n) is 8.85. The number of pyridine rings is 1. The number of anilines is 3. The molecule has 0 bridgehead atoms. The van der Waals surface area contributed by atoms with E-state index in [0.717, 1.165) is 5.06 Å². The van der Waals surface area contributed by atoms with Crippen LogP contribution in [0, 0.1) is 6.92 Å². The minimum atomic E-state index is -1.05. The summed E-state index contributed by atoms with van der Waals surface area (Å²) in [6.45, 7) is 10.8. The first-order chi connectivity index (χ1) is 13.3. The number of aryl methyl sites for hydroxylation is 1. The fourth-order valence-corrected chi connectivity index (χ4v) is 4.44. The highest BCUT2D eigenvalue weighted by Crippen LogP contribution is 2.62. The number of nitrogens with two attached hydrogens (primary N) is 1. The predicted octanol–water partition coefficient (Wildman–Crippen LogP) is 1.62. The van der Waals surface area contributed by atoms with Crippen LogP contribution < -0.4 is 16.6 Å². The molecule has 10 nitrogen and oxygen atoms in total. The van der Waals surface area contributed by atoms with E-state index in [2.05, 4.69) is 15.3 Å². The molecule has 10 heteroatoms. The van der Waals surface area contributed by atoms with E-state index < -0.39 is 16.9 Å². The Morgan fingerprint density at radius 1 is 1.21 bits per heavy atom. The largest absolute Gasteiger partial charge is 0.384 e. The highest BCUT2D eigenvalue weighted by Gasteiger charge is 2.81. The number of fused-ring (bicyclic) bond motifs is 3. The van der Waals surface area contributed by atoms with Crippen LogP contribution in [0.3, 0.4) is 0 Å². The smallest absolute Gasteiger partial charge is 0.276 e. The highest BCUT2D eigenvalue weighted by atomic mass is 16.5. The summed E-state index contributed by atoms with van der Waals surface area (Å²) < 4.78 is 1.46. The van der Waals surface area contributed by atoms with E-state index in [0.29, 0.717) is 17.1 Å². The summed E-state index contributed by atoms with van der Waals surface area (Å²) in [4.78, 5) is 36.0. The molecule has 2 atom stereocenters. The van der Waals surface area contributed by atoms with Gasteiger partial charge in [0, 0.05) is 11.6 Å². The van der Waals surface area contributed by atoms with E-state index in [1.165, 1.54) is 17.0 Å². The minimum absolute atomic E-state index is 0.259. The molecule has 0 aromatic carbocycles. The number of nitrogens with one attached hydrogen (secondary N) is 1. The lowest BCUT2D eigenvalue weighted by atomic mass is 10.0. The Morgan fingerprint density at radius 2 is 1.86 bits per heavy atom.